The lowest BCUT2D eigenvalue weighted by molar-refractivity contribution is -0.870. The minimum Gasteiger partial charge on any atom is -0.545 e. The number of hydrogen-bond donors (Lipinski definition) is 0. The third-order valence-electron chi connectivity index (χ3n) is 10.0. The molecule has 0 saturated heterocycles. The molecule has 324 valence electrons. The van der Waals surface area contributed by atoms with Gasteiger partial charge in [0.25, 0.3) is 0 Å². The van der Waals surface area contributed by atoms with E-state index in [0.717, 1.165) is 51.4 Å². The van der Waals surface area contributed by atoms with E-state index in [1.807, 2.05) is 21.1 Å². The Balaban J connectivity index is 4.41. The van der Waals surface area contributed by atoms with E-state index in [0.29, 0.717) is 23.9 Å². The fourth-order valence-corrected chi connectivity index (χ4v) is 6.41. The van der Waals surface area contributed by atoms with Gasteiger partial charge in [0.05, 0.1) is 40.3 Å². The summed E-state index contributed by atoms with van der Waals surface area (Å²) in [7, 11) is 5.91. The number of likely N-dealkylation sites (N-methyl/N-ethyl adjacent to an activating group) is 1. The average Bonchev–Trinajstić information content (AvgIpc) is 3.14. The monoisotopic (exact) mass is 782 g/mol. The largest absolute Gasteiger partial charge is 0.545 e. The summed E-state index contributed by atoms with van der Waals surface area (Å²) in [4.78, 5) is 36.9. The molecule has 0 amide bonds. The average molecular weight is 782 g/mol. The summed E-state index contributed by atoms with van der Waals surface area (Å²) in [6, 6.07) is 0. The van der Waals surface area contributed by atoms with Crippen molar-refractivity contribution in [3.63, 3.8) is 0 Å². The number of carbonyl (C=O) groups is 3. The number of ether oxygens (including phenoxy) is 4. The molecular weight excluding hydrogens is 695 g/mol. The number of quaternary nitrogens is 1. The molecule has 0 aliphatic carbocycles. The maximum absolute atomic E-state index is 12.7. The summed E-state index contributed by atoms with van der Waals surface area (Å²) in [5, 5.41) is 11.7. The van der Waals surface area contributed by atoms with E-state index in [4.69, 9.17) is 18.9 Å². The number of carbonyl (C=O) groups excluding carboxylic acids is 3. The van der Waals surface area contributed by atoms with Crippen molar-refractivity contribution in [2.45, 2.75) is 219 Å². The SMILES string of the molecule is CCCCCCC/C=C\CCCCCCCC(=O)OC(COC(=O)CCCCCCCCCCCCCCCCCC)COC(OCC[N+](C)(C)C)C(=O)[O-]. The molecule has 2 atom stereocenters. The van der Waals surface area contributed by atoms with Crippen LogP contribution in [0.4, 0.5) is 0 Å². The lowest BCUT2D eigenvalue weighted by Crippen LogP contribution is -2.44. The molecule has 0 aromatic heterocycles. The molecule has 0 bridgehead atoms. The molecule has 0 fully saturated rings. The minimum absolute atomic E-state index is 0.149. The van der Waals surface area contributed by atoms with Crippen LogP contribution < -0.4 is 5.11 Å². The molecule has 0 aliphatic rings. The Bertz CT molecular complexity index is 918. The van der Waals surface area contributed by atoms with E-state index in [1.165, 1.54) is 122 Å². The molecule has 55 heavy (non-hydrogen) atoms. The number of carboxylic acid groups (broad SMARTS) is 1. The van der Waals surface area contributed by atoms with Crippen molar-refractivity contribution in [1.29, 1.82) is 0 Å². The molecule has 2 unspecified atom stereocenters. The van der Waals surface area contributed by atoms with Crippen LogP contribution >= 0.6 is 0 Å². The number of unbranched alkanes of at least 4 members (excludes halogenated alkanes) is 25. The molecule has 9 heteroatoms. The molecule has 9 nitrogen and oxygen atoms in total. The predicted octanol–water partition coefficient (Wildman–Crippen LogP) is 10.6. The summed E-state index contributed by atoms with van der Waals surface area (Å²) in [5.41, 5.74) is 0. The zero-order valence-electron chi connectivity index (χ0n) is 36.6. The number of allylic oxidation sites excluding steroid dienone is 2. The second-order valence-electron chi connectivity index (χ2n) is 16.7. The van der Waals surface area contributed by atoms with Crippen LogP contribution in [0.2, 0.25) is 0 Å². The van der Waals surface area contributed by atoms with E-state index in [9.17, 15) is 19.5 Å². The quantitative estimate of drug-likeness (QED) is 0.0198. The third kappa shape index (κ3) is 40.0. The first-order valence-corrected chi connectivity index (χ1v) is 22.8. The smallest absolute Gasteiger partial charge is 0.306 e. The van der Waals surface area contributed by atoms with Gasteiger partial charge >= 0.3 is 11.9 Å². The molecule has 0 aromatic carbocycles. The Hall–Kier alpha value is -1.97. The molecule has 0 N–H and O–H groups in total. The molecule has 0 aromatic rings. The Morgan fingerprint density at radius 3 is 1.35 bits per heavy atom. The molecular formula is C46H87NO8. The van der Waals surface area contributed by atoms with Crippen molar-refractivity contribution in [3.05, 3.63) is 12.2 Å². The Labute approximate surface area is 338 Å². The van der Waals surface area contributed by atoms with Crippen molar-refractivity contribution in [3.8, 4) is 0 Å². The molecule has 0 saturated carbocycles. The second-order valence-corrected chi connectivity index (χ2v) is 16.7. The van der Waals surface area contributed by atoms with Crippen LogP contribution in [0.25, 0.3) is 0 Å². The summed E-state index contributed by atoms with van der Waals surface area (Å²) in [5.74, 6) is -2.28. The number of aliphatic carboxylic acids is 1. The van der Waals surface area contributed by atoms with E-state index < -0.39 is 24.3 Å². The number of rotatable bonds is 42. The topological polar surface area (TPSA) is 111 Å². The van der Waals surface area contributed by atoms with Gasteiger partial charge in [0.15, 0.2) is 12.4 Å². The Kier molecular flexibility index (Phi) is 37.5. The Morgan fingerprint density at radius 2 is 0.927 bits per heavy atom. The molecule has 0 heterocycles. The first-order chi connectivity index (χ1) is 26.6. The predicted molar refractivity (Wildman–Crippen MR) is 223 cm³/mol. The lowest BCUT2D eigenvalue weighted by Gasteiger charge is -2.26. The van der Waals surface area contributed by atoms with E-state index in [-0.39, 0.29) is 32.2 Å². The summed E-state index contributed by atoms with van der Waals surface area (Å²) >= 11 is 0. The summed E-state index contributed by atoms with van der Waals surface area (Å²) < 4.78 is 22.5. The Morgan fingerprint density at radius 1 is 0.527 bits per heavy atom. The van der Waals surface area contributed by atoms with Crippen LogP contribution in [-0.4, -0.2) is 82.3 Å². The fraction of sp³-hybridized carbons (Fsp3) is 0.891. The number of carboxylic acids is 1. The van der Waals surface area contributed by atoms with Crippen molar-refractivity contribution in [1.82, 2.24) is 0 Å². The van der Waals surface area contributed by atoms with Gasteiger partial charge < -0.3 is 33.3 Å². The van der Waals surface area contributed by atoms with Gasteiger partial charge in [0.1, 0.15) is 13.2 Å². The normalized spacial score (nSPS) is 13.0. The van der Waals surface area contributed by atoms with Crippen LogP contribution in [-0.2, 0) is 33.3 Å². The van der Waals surface area contributed by atoms with Gasteiger partial charge in [-0.25, -0.2) is 0 Å². The van der Waals surface area contributed by atoms with Crippen LogP contribution in [0, 0.1) is 0 Å². The van der Waals surface area contributed by atoms with Crippen molar-refractivity contribution in [2.24, 2.45) is 0 Å². The number of esters is 2. The van der Waals surface area contributed by atoms with Crippen LogP contribution in [0.3, 0.4) is 0 Å². The maximum Gasteiger partial charge on any atom is 0.306 e. The van der Waals surface area contributed by atoms with E-state index >= 15 is 0 Å². The third-order valence-corrected chi connectivity index (χ3v) is 10.0. The second kappa shape index (κ2) is 38.9. The van der Waals surface area contributed by atoms with Gasteiger partial charge in [-0.2, -0.15) is 0 Å². The number of hydrogen-bond acceptors (Lipinski definition) is 8. The van der Waals surface area contributed by atoms with E-state index in [2.05, 4.69) is 26.0 Å². The summed E-state index contributed by atoms with van der Waals surface area (Å²) in [6.45, 7) is 4.74. The first-order valence-electron chi connectivity index (χ1n) is 22.8. The molecule has 0 spiro atoms. The molecule has 0 aliphatic heterocycles. The van der Waals surface area contributed by atoms with Gasteiger partial charge in [-0.15, -0.1) is 0 Å². The van der Waals surface area contributed by atoms with Crippen LogP contribution in [0.1, 0.15) is 206 Å². The van der Waals surface area contributed by atoms with Gasteiger partial charge in [-0.1, -0.05) is 167 Å². The highest BCUT2D eigenvalue weighted by Crippen LogP contribution is 2.15. The van der Waals surface area contributed by atoms with Crippen molar-refractivity contribution in [2.75, 3.05) is 47.5 Å². The summed E-state index contributed by atoms with van der Waals surface area (Å²) in [6.07, 6.45) is 36.6. The van der Waals surface area contributed by atoms with Crippen molar-refractivity contribution >= 4 is 17.9 Å². The zero-order chi connectivity index (χ0) is 40.7. The number of nitrogens with zero attached hydrogens (tertiary/aromatic N) is 1. The standard InChI is InChI=1S/C46H87NO8/c1-6-8-10-12-14-16-18-20-22-23-25-26-28-30-32-34-36-43(48)53-40-42(41-54-46(45(50)51)52-39-38-47(3,4)5)55-44(49)37-35-33-31-29-27-24-21-19-17-15-13-11-9-7-2/h19,21,42,46H,6-18,20,22-41H2,1-5H3/b21-19-. The van der Waals surface area contributed by atoms with Crippen LogP contribution in [0.15, 0.2) is 12.2 Å². The first kappa shape index (κ1) is 53.0. The minimum atomic E-state index is -1.62. The highest BCUT2D eigenvalue weighted by atomic mass is 16.7. The van der Waals surface area contributed by atoms with Gasteiger partial charge in [-0.3, -0.25) is 9.59 Å². The van der Waals surface area contributed by atoms with Gasteiger partial charge in [-0.05, 0) is 38.5 Å². The highest BCUT2D eigenvalue weighted by Gasteiger charge is 2.21. The van der Waals surface area contributed by atoms with Gasteiger partial charge in [0, 0.05) is 12.8 Å². The van der Waals surface area contributed by atoms with Crippen LogP contribution in [0.5, 0.6) is 0 Å². The fourth-order valence-electron chi connectivity index (χ4n) is 6.41. The molecule has 0 rings (SSSR count). The molecule has 0 radical (unpaired) electrons. The van der Waals surface area contributed by atoms with E-state index in [1.54, 1.807) is 0 Å². The maximum atomic E-state index is 12.7. The van der Waals surface area contributed by atoms with Gasteiger partial charge in [0.2, 0.25) is 0 Å². The zero-order valence-corrected chi connectivity index (χ0v) is 36.6. The lowest BCUT2D eigenvalue weighted by atomic mass is 10.0. The van der Waals surface area contributed by atoms with Crippen molar-refractivity contribution < 1.29 is 42.9 Å². The highest BCUT2D eigenvalue weighted by molar-refractivity contribution is 5.70.